The third-order valence-electron chi connectivity index (χ3n) is 1.45. The van der Waals surface area contributed by atoms with Gasteiger partial charge in [-0.15, -0.1) is 0 Å². The van der Waals surface area contributed by atoms with Crippen LogP contribution in [0, 0.1) is 11.3 Å². The molecule has 0 bridgehead atoms. The van der Waals surface area contributed by atoms with Crippen LogP contribution in [-0.2, 0) is 4.74 Å². The van der Waals surface area contributed by atoms with E-state index in [-0.39, 0.29) is 6.79 Å². The Hall–Kier alpha value is -0.950. The summed E-state index contributed by atoms with van der Waals surface area (Å²) in [6.45, 7) is 0.0609. The lowest BCUT2D eigenvalue weighted by Crippen LogP contribution is -2.00. The van der Waals surface area contributed by atoms with Gasteiger partial charge in [0.15, 0.2) is 12.5 Å². The van der Waals surface area contributed by atoms with Crippen LogP contribution in [0.1, 0.15) is 5.56 Å². The molecule has 0 N–H and O–H groups in total. The summed E-state index contributed by atoms with van der Waals surface area (Å²) in [4.78, 5) is 0. The molecule has 0 atom stereocenters. The Labute approximate surface area is 91.8 Å². The minimum absolute atomic E-state index is 0.0609. The summed E-state index contributed by atoms with van der Waals surface area (Å²) in [6.07, 6.45) is 0. The van der Waals surface area contributed by atoms with Gasteiger partial charge in [-0.2, -0.15) is 5.26 Å². The zero-order chi connectivity index (χ0) is 10.6. The molecule has 1 rings (SSSR count). The van der Waals surface area contributed by atoms with Crippen molar-refractivity contribution >= 4 is 23.2 Å². The Morgan fingerprint density at radius 3 is 2.36 bits per heavy atom. The Morgan fingerprint density at radius 2 is 1.93 bits per heavy atom. The first-order chi connectivity index (χ1) is 6.69. The molecule has 0 unspecified atom stereocenters. The van der Waals surface area contributed by atoms with Gasteiger partial charge in [-0.3, -0.25) is 0 Å². The van der Waals surface area contributed by atoms with E-state index in [1.54, 1.807) is 0 Å². The molecule has 3 nitrogen and oxygen atoms in total. The predicted molar refractivity (Wildman–Crippen MR) is 53.7 cm³/mol. The van der Waals surface area contributed by atoms with Crippen molar-refractivity contribution in [2.75, 3.05) is 13.9 Å². The van der Waals surface area contributed by atoms with Crippen molar-refractivity contribution in [2.24, 2.45) is 0 Å². The SMILES string of the molecule is COCOc1c(Cl)cc(C#N)cc1Cl. The molecule has 5 heteroatoms. The molecule has 0 amide bonds. The van der Waals surface area contributed by atoms with Crippen LogP contribution in [-0.4, -0.2) is 13.9 Å². The minimum Gasteiger partial charge on any atom is -0.464 e. The largest absolute Gasteiger partial charge is 0.464 e. The number of nitriles is 1. The topological polar surface area (TPSA) is 42.2 Å². The quantitative estimate of drug-likeness (QED) is 0.752. The van der Waals surface area contributed by atoms with Gasteiger partial charge in [0.1, 0.15) is 0 Å². The molecule has 0 aliphatic rings. The summed E-state index contributed by atoms with van der Waals surface area (Å²) in [5, 5.41) is 9.22. The zero-order valence-corrected chi connectivity index (χ0v) is 8.89. The molecular formula is C9H7Cl2NO2. The van der Waals surface area contributed by atoms with Gasteiger partial charge in [-0.05, 0) is 12.1 Å². The number of ether oxygens (including phenoxy) is 2. The van der Waals surface area contributed by atoms with Gasteiger partial charge in [0.2, 0.25) is 0 Å². The van der Waals surface area contributed by atoms with Crippen LogP contribution in [0.2, 0.25) is 10.0 Å². The number of methoxy groups -OCH3 is 1. The summed E-state index contributed by atoms with van der Waals surface area (Å²) in [5.74, 6) is 0.328. The number of halogens is 2. The fourth-order valence-corrected chi connectivity index (χ4v) is 1.48. The third kappa shape index (κ3) is 2.52. The molecule has 1 aromatic rings. The summed E-state index contributed by atoms with van der Waals surface area (Å²) in [7, 11) is 1.49. The molecular weight excluding hydrogens is 225 g/mol. The number of hydrogen-bond donors (Lipinski definition) is 0. The van der Waals surface area contributed by atoms with E-state index < -0.39 is 0 Å². The van der Waals surface area contributed by atoms with Crippen molar-refractivity contribution in [1.29, 1.82) is 5.26 Å². The highest BCUT2D eigenvalue weighted by Crippen LogP contribution is 2.33. The molecule has 0 saturated carbocycles. The maximum absolute atomic E-state index is 8.62. The van der Waals surface area contributed by atoms with E-state index in [2.05, 4.69) is 0 Å². The van der Waals surface area contributed by atoms with Gasteiger partial charge in [-0.1, -0.05) is 23.2 Å². The normalized spacial score (nSPS) is 9.57. The van der Waals surface area contributed by atoms with Gasteiger partial charge in [0.05, 0.1) is 21.7 Å². The number of hydrogen-bond acceptors (Lipinski definition) is 3. The standard InChI is InChI=1S/C9H7Cl2NO2/c1-13-5-14-9-7(10)2-6(4-12)3-8(9)11/h2-3H,5H2,1H3. The molecule has 14 heavy (non-hydrogen) atoms. The molecule has 0 saturated heterocycles. The zero-order valence-electron chi connectivity index (χ0n) is 7.38. The lowest BCUT2D eigenvalue weighted by Gasteiger charge is -2.08. The van der Waals surface area contributed by atoms with Crippen molar-refractivity contribution in [2.45, 2.75) is 0 Å². The summed E-state index contributed by atoms with van der Waals surface area (Å²) in [5.41, 5.74) is 0.393. The maximum atomic E-state index is 8.62. The highest BCUT2D eigenvalue weighted by Gasteiger charge is 2.09. The molecule has 0 aliphatic carbocycles. The highest BCUT2D eigenvalue weighted by atomic mass is 35.5. The number of rotatable bonds is 3. The number of benzene rings is 1. The predicted octanol–water partition coefficient (Wildman–Crippen LogP) is 2.85. The summed E-state index contributed by atoms with van der Waals surface area (Å²) in [6, 6.07) is 4.91. The van der Waals surface area contributed by atoms with E-state index in [9.17, 15) is 0 Å². The van der Waals surface area contributed by atoms with Gasteiger partial charge >= 0.3 is 0 Å². The average molecular weight is 232 g/mol. The second kappa shape index (κ2) is 5.06. The van der Waals surface area contributed by atoms with Crippen LogP contribution < -0.4 is 4.74 Å². The van der Waals surface area contributed by atoms with E-state index in [4.69, 9.17) is 37.9 Å². The van der Waals surface area contributed by atoms with Crippen molar-refractivity contribution < 1.29 is 9.47 Å². The van der Waals surface area contributed by atoms with E-state index in [0.717, 1.165) is 0 Å². The highest BCUT2D eigenvalue weighted by molar-refractivity contribution is 6.37. The third-order valence-corrected chi connectivity index (χ3v) is 2.01. The smallest absolute Gasteiger partial charge is 0.188 e. The molecule has 0 fully saturated rings. The Bertz CT molecular complexity index is 351. The Kier molecular flexibility index (Phi) is 4.02. The van der Waals surface area contributed by atoms with Crippen LogP contribution in [0.3, 0.4) is 0 Å². The number of nitrogens with zero attached hydrogens (tertiary/aromatic N) is 1. The summed E-state index contributed by atoms with van der Waals surface area (Å²) < 4.78 is 9.83. The van der Waals surface area contributed by atoms with Crippen LogP contribution in [0.4, 0.5) is 0 Å². The van der Waals surface area contributed by atoms with Crippen molar-refractivity contribution in [3.05, 3.63) is 27.7 Å². The molecule has 74 valence electrons. The molecule has 0 radical (unpaired) electrons. The fraction of sp³-hybridized carbons (Fsp3) is 0.222. The molecule has 0 heterocycles. The summed E-state index contributed by atoms with van der Waals surface area (Å²) >= 11 is 11.7. The second-order valence-electron chi connectivity index (χ2n) is 2.43. The molecule has 0 aromatic heterocycles. The van der Waals surface area contributed by atoms with Gasteiger partial charge in [-0.25, -0.2) is 0 Å². The van der Waals surface area contributed by atoms with Crippen LogP contribution >= 0.6 is 23.2 Å². The Balaban J connectivity index is 3.01. The lowest BCUT2D eigenvalue weighted by molar-refractivity contribution is 0.0512. The lowest BCUT2D eigenvalue weighted by atomic mass is 10.2. The van der Waals surface area contributed by atoms with E-state index >= 15 is 0 Å². The van der Waals surface area contributed by atoms with E-state index in [0.29, 0.717) is 21.4 Å². The first-order valence-corrected chi connectivity index (χ1v) is 4.45. The van der Waals surface area contributed by atoms with E-state index in [1.165, 1.54) is 19.2 Å². The monoisotopic (exact) mass is 231 g/mol. The average Bonchev–Trinajstić information content (AvgIpc) is 2.16. The van der Waals surface area contributed by atoms with Crippen molar-refractivity contribution in [3.8, 4) is 11.8 Å². The van der Waals surface area contributed by atoms with E-state index in [1.807, 2.05) is 6.07 Å². The molecule has 0 aliphatic heterocycles. The fourth-order valence-electron chi connectivity index (χ4n) is 0.880. The van der Waals surface area contributed by atoms with Crippen molar-refractivity contribution in [1.82, 2.24) is 0 Å². The first-order valence-electron chi connectivity index (χ1n) is 3.70. The van der Waals surface area contributed by atoms with Crippen molar-refractivity contribution in [3.63, 3.8) is 0 Å². The molecule has 1 aromatic carbocycles. The van der Waals surface area contributed by atoms with Crippen LogP contribution in [0.25, 0.3) is 0 Å². The van der Waals surface area contributed by atoms with Crippen LogP contribution in [0.15, 0.2) is 12.1 Å². The first kappa shape index (κ1) is 11.1. The van der Waals surface area contributed by atoms with Gasteiger partial charge in [0.25, 0.3) is 0 Å². The van der Waals surface area contributed by atoms with Gasteiger partial charge in [0, 0.05) is 7.11 Å². The van der Waals surface area contributed by atoms with Crippen LogP contribution in [0.5, 0.6) is 5.75 Å². The maximum Gasteiger partial charge on any atom is 0.188 e. The Morgan fingerprint density at radius 1 is 1.36 bits per heavy atom. The minimum atomic E-state index is 0.0609. The van der Waals surface area contributed by atoms with Gasteiger partial charge < -0.3 is 9.47 Å². The second-order valence-corrected chi connectivity index (χ2v) is 3.25. The molecule has 0 spiro atoms.